The fourth-order valence-electron chi connectivity index (χ4n) is 0. The summed E-state index contributed by atoms with van der Waals surface area (Å²) in [4.78, 5) is 0. The predicted molar refractivity (Wildman–Crippen MR) is 26.5 cm³/mol. The zero-order valence-corrected chi connectivity index (χ0v) is 6.81. The maximum Gasteiger partial charge on any atom is 2.00 e. The molecule has 4 nitrogen and oxygen atoms in total. The minimum absolute atomic E-state index is 0. The van der Waals surface area contributed by atoms with Crippen molar-refractivity contribution in [3.63, 3.8) is 0 Å². The fourth-order valence-corrected chi connectivity index (χ4v) is 0. The summed E-state index contributed by atoms with van der Waals surface area (Å²) < 4.78 is 29.7. The van der Waals surface area contributed by atoms with E-state index in [0.717, 1.165) is 7.11 Å². The maximum atomic E-state index is 9.33. The largest absolute Gasteiger partial charge is 2.00 e. The van der Waals surface area contributed by atoms with E-state index in [-0.39, 0.29) is 40.6 Å². The van der Waals surface area contributed by atoms with E-state index in [2.05, 4.69) is 4.18 Å². The summed E-state index contributed by atoms with van der Waals surface area (Å²) in [6.45, 7) is 0. The molecular formula is CH6CaO4S. The van der Waals surface area contributed by atoms with Crippen molar-refractivity contribution in [2.24, 2.45) is 0 Å². The van der Waals surface area contributed by atoms with E-state index in [1.807, 2.05) is 0 Å². The third-order valence-electron chi connectivity index (χ3n) is 0.211. The van der Waals surface area contributed by atoms with Gasteiger partial charge in [0.2, 0.25) is 0 Å². The predicted octanol–water partition coefficient (Wildman–Crippen LogP) is -0.720. The molecule has 42 valence electrons. The SMILES string of the molecule is COS(=O)(=O)O.[Ca+2].[H-].[H-]. The van der Waals surface area contributed by atoms with Crippen LogP contribution in [0.4, 0.5) is 0 Å². The average Bonchev–Trinajstić information content (AvgIpc) is 1.35. The standard InChI is InChI=1S/CH4O4S.Ca.2H/c1-5-6(2,3)4;;;/h1H3,(H,2,3,4);;;/q;+2;2*-1. The molecule has 0 fully saturated rings. The molecular weight excluding hydrogens is 148 g/mol. The molecule has 0 saturated carbocycles. The molecule has 0 aliphatic heterocycles. The minimum atomic E-state index is -4.16. The van der Waals surface area contributed by atoms with Crippen LogP contribution >= 0.6 is 0 Å². The Morgan fingerprint density at radius 1 is 1.71 bits per heavy atom. The van der Waals surface area contributed by atoms with Crippen molar-refractivity contribution >= 4 is 48.1 Å². The molecule has 0 atom stereocenters. The van der Waals surface area contributed by atoms with E-state index >= 15 is 0 Å². The molecule has 0 amide bonds. The molecule has 0 aromatic heterocycles. The first-order valence-corrected chi connectivity index (χ1v) is 2.46. The van der Waals surface area contributed by atoms with E-state index in [0.29, 0.717) is 0 Å². The summed E-state index contributed by atoms with van der Waals surface area (Å²) in [7, 11) is -3.29. The number of hydrogen-bond acceptors (Lipinski definition) is 3. The Hall–Kier alpha value is 1.13. The number of hydrogen-bond donors (Lipinski definition) is 1. The first-order valence-electron chi connectivity index (χ1n) is 1.09. The molecule has 0 heterocycles. The number of rotatable bonds is 1. The molecule has 0 saturated heterocycles. The van der Waals surface area contributed by atoms with Gasteiger partial charge in [0.15, 0.2) is 0 Å². The van der Waals surface area contributed by atoms with E-state index in [1.54, 1.807) is 0 Å². The van der Waals surface area contributed by atoms with Crippen molar-refractivity contribution in [2.75, 3.05) is 7.11 Å². The van der Waals surface area contributed by atoms with Crippen molar-refractivity contribution in [2.45, 2.75) is 0 Å². The maximum absolute atomic E-state index is 9.33. The van der Waals surface area contributed by atoms with Crippen LogP contribution < -0.4 is 0 Å². The molecule has 0 aromatic rings. The van der Waals surface area contributed by atoms with Gasteiger partial charge in [-0.3, -0.25) is 8.74 Å². The molecule has 0 rings (SSSR count). The van der Waals surface area contributed by atoms with Gasteiger partial charge in [-0.2, -0.15) is 8.42 Å². The molecule has 1 N–H and O–H groups in total. The van der Waals surface area contributed by atoms with Gasteiger partial charge in [0.25, 0.3) is 0 Å². The zero-order chi connectivity index (χ0) is 5.21. The normalized spacial score (nSPS) is 10.0. The van der Waals surface area contributed by atoms with Gasteiger partial charge in [0, 0.05) is 0 Å². The van der Waals surface area contributed by atoms with E-state index in [1.165, 1.54) is 0 Å². The van der Waals surface area contributed by atoms with E-state index in [9.17, 15) is 8.42 Å². The van der Waals surface area contributed by atoms with Crippen molar-refractivity contribution in [3.8, 4) is 0 Å². The summed E-state index contributed by atoms with van der Waals surface area (Å²) in [5.41, 5.74) is 0. The van der Waals surface area contributed by atoms with E-state index < -0.39 is 10.4 Å². The third-order valence-corrected chi connectivity index (χ3v) is 0.632. The molecule has 0 bridgehead atoms. The van der Waals surface area contributed by atoms with Crippen LogP contribution in [0.15, 0.2) is 0 Å². The van der Waals surface area contributed by atoms with Crippen LogP contribution in [0.25, 0.3) is 0 Å². The van der Waals surface area contributed by atoms with Crippen LogP contribution in [0.3, 0.4) is 0 Å². The second-order valence-corrected chi connectivity index (χ2v) is 1.78. The van der Waals surface area contributed by atoms with Gasteiger partial charge < -0.3 is 2.85 Å². The van der Waals surface area contributed by atoms with Gasteiger partial charge in [-0.05, 0) is 0 Å². The summed E-state index contributed by atoms with van der Waals surface area (Å²) in [5.74, 6) is 0. The summed E-state index contributed by atoms with van der Waals surface area (Å²) >= 11 is 0. The second kappa shape index (κ2) is 4.05. The fraction of sp³-hybridized carbons (Fsp3) is 1.00. The van der Waals surface area contributed by atoms with Crippen LogP contribution in [0.2, 0.25) is 0 Å². The molecule has 0 spiro atoms. The Morgan fingerprint density at radius 3 is 1.86 bits per heavy atom. The molecule has 7 heavy (non-hydrogen) atoms. The van der Waals surface area contributed by atoms with Gasteiger partial charge in [0.05, 0.1) is 7.11 Å². The van der Waals surface area contributed by atoms with Crippen molar-refractivity contribution < 1.29 is 20.0 Å². The molecule has 0 aromatic carbocycles. The Bertz CT molecular complexity index is 121. The van der Waals surface area contributed by atoms with Crippen molar-refractivity contribution in [3.05, 3.63) is 0 Å². The first-order chi connectivity index (χ1) is 2.56. The third kappa shape index (κ3) is 11.0. The van der Waals surface area contributed by atoms with Crippen LogP contribution in [-0.4, -0.2) is 57.8 Å². The van der Waals surface area contributed by atoms with Crippen LogP contribution in [0.1, 0.15) is 2.85 Å². The average molecular weight is 154 g/mol. The molecule has 0 unspecified atom stereocenters. The molecule has 6 heteroatoms. The Morgan fingerprint density at radius 2 is 1.86 bits per heavy atom. The van der Waals surface area contributed by atoms with E-state index in [4.69, 9.17) is 4.55 Å². The smallest absolute Gasteiger partial charge is 1.00 e. The summed E-state index contributed by atoms with van der Waals surface area (Å²) in [6, 6.07) is 0. The van der Waals surface area contributed by atoms with Gasteiger partial charge in [-0.1, -0.05) is 0 Å². The second-order valence-electron chi connectivity index (χ2n) is 0.594. The van der Waals surface area contributed by atoms with Crippen LogP contribution in [0, 0.1) is 0 Å². The summed E-state index contributed by atoms with van der Waals surface area (Å²) in [5, 5.41) is 0. The summed E-state index contributed by atoms with van der Waals surface area (Å²) in [6.07, 6.45) is 0. The van der Waals surface area contributed by atoms with Gasteiger partial charge >= 0.3 is 48.1 Å². The monoisotopic (exact) mass is 154 g/mol. The van der Waals surface area contributed by atoms with Crippen molar-refractivity contribution in [1.29, 1.82) is 0 Å². The quantitative estimate of drug-likeness (QED) is 0.400. The Labute approximate surface area is 74.8 Å². The van der Waals surface area contributed by atoms with Gasteiger partial charge in [-0.15, -0.1) is 0 Å². The minimum Gasteiger partial charge on any atom is -1.00 e. The topological polar surface area (TPSA) is 63.6 Å². The molecule has 0 aliphatic rings. The molecule has 0 aliphatic carbocycles. The van der Waals surface area contributed by atoms with Gasteiger partial charge in [0.1, 0.15) is 0 Å². The van der Waals surface area contributed by atoms with Crippen molar-refractivity contribution in [1.82, 2.24) is 0 Å². The zero-order valence-electron chi connectivity index (χ0n) is 5.79. The Balaban J connectivity index is -0.0000000417. The van der Waals surface area contributed by atoms with Crippen LogP contribution in [0.5, 0.6) is 0 Å². The first kappa shape index (κ1) is 11.0. The Kier molecular flexibility index (Phi) is 6.37. The van der Waals surface area contributed by atoms with Gasteiger partial charge in [-0.25, -0.2) is 0 Å². The molecule has 0 radical (unpaired) electrons. The van der Waals surface area contributed by atoms with Crippen LogP contribution in [-0.2, 0) is 14.6 Å².